The number of para-hydroxylation sites is 2. The number of hydrazine groups is 1. The summed E-state index contributed by atoms with van der Waals surface area (Å²) >= 11 is 0. The standard InChI is InChI=1S/C23H26N4O3/c1-2-29-17-22(28)27(18-8-4-3-5-9-18)21-16-24-20-11-7-6-10-19(20)23(21)25-26-12-14-30-15-13-26/h3-11,16H,2,12-15,17H2,1H3,(H,24,25). The monoisotopic (exact) mass is 406 g/mol. The summed E-state index contributed by atoms with van der Waals surface area (Å²) in [5, 5.41) is 3.07. The maximum absolute atomic E-state index is 13.2. The molecule has 0 radical (unpaired) electrons. The number of hydrogen-bond donors (Lipinski definition) is 1. The highest BCUT2D eigenvalue weighted by atomic mass is 16.5. The van der Waals surface area contributed by atoms with Crippen LogP contribution in [0.3, 0.4) is 0 Å². The summed E-state index contributed by atoms with van der Waals surface area (Å²) < 4.78 is 10.9. The minimum absolute atomic E-state index is 0.00475. The summed E-state index contributed by atoms with van der Waals surface area (Å²) in [6.45, 7) is 5.19. The lowest BCUT2D eigenvalue weighted by molar-refractivity contribution is -0.122. The molecule has 0 spiro atoms. The Labute approximate surface area is 176 Å². The fraction of sp³-hybridized carbons (Fsp3) is 0.304. The normalized spacial score (nSPS) is 14.6. The van der Waals surface area contributed by atoms with Crippen LogP contribution < -0.4 is 10.3 Å². The molecule has 1 aliphatic rings. The Kier molecular flexibility index (Phi) is 6.53. The summed E-state index contributed by atoms with van der Waals surface area (Å²) in [4.78, 5) is 19.5. The minimum Gasteiger partial charge on any atom is -0.379 e. The molecule has 30 heavy (non-hydrogen) atoms. The van der Waals surface area contributed by atoms with Crippen molar-refractivity contribution in [3.8, 4) is 0 Å². The Morgan fingerprint density at radius 2 is 1.87 bits per heavy atom. The molecule has 0 saturated carbocycles. The fourth-order valence-corrected chi connectivity index (χ4v) is 3.50. The largest absolute Gasteiger partial charge is 0.379 e. The quantitative estimate of drug-likeness (QED) is 0.647. The highest BCUT2D eigenvalue weighted by Crippen LogP contribution is 2.37. The van der Waals surface area contributed by atoms with E-state index in [-0.39, 0.29) is 12.5 Å². The van der Waals surface area contributed by atoms with Gasteiger partial charge in [0.2, 0.25) is 0 Å². The zero-order chi connectivity index (χ0) is 20.8. The smallest absolute Gasteiger partial charge is 0.257 e. The van der Waals surface area contributed by atoms with Crippen LogP contribution in [-0.4, -0.2) is 55.4 Å². The molecular formula is C23H26N4O3. The van der Waals surface area contributed by atoms with E-state index in [9.17, 15) is 4.79 Å². The summed E-state index contributed by atoms with van der Waals surface area (Å²) in [5.74, 6) is -0.148. The molecule has 0 atom stereocenters. The second kappa shape index (κ2) is 9.67. The average molecular weight is 406 g/mol. The lowest BCUT2D eigenvalue weighted by Crippen LogP contribution is -2.41. The van der Waals surface area contributed by atoms with E-state index in [1.165, 1.54) is 0 Å². The van der Waals surface area contributed by atoms with Crippen LogP contribution >= 0.6 is 0 Å². The van der Waals surface area contributed by atoms with Gasteiger partial charge in [-0.1, -0.05) is 36.4 Å². The molecule has 4 rings (SSSR count). The number of rotatable bonds is 7. The summed E-state index contributed by atoms with van der Waals surface area (Å²) in [6.07, 6.45) is 1.75. The lowest BCUT2D eigenvalue weighted by atomic mass is 10.1. The van der Waals surface area contributed by atoms with Crippen molar-refractivity contribution in [2.45, 2.75) is 6.92 Å². The number of amides is 1. The van der Waals surface area contributed by atoms with Gasteiger partial charge in [-0.2, -0.15) is 0 Å². The number of fused-ring (bicyclic) bond motifs is 1. The lowest BCUT2D eigenvalue weighted by Gasteiger charge is -2.32. The molecule has 1 N–H and O–H groups in total. The Morgan fingerprint density at radius 3 is 2.63 bits per heavy atom. The Morgan fingerprint density at radius 1 is 1.13 bits per heavy atom. The molecule has 1 aromatic heterocycles. The van der Waals surface area contributed by atoms with Gasteiger partial charge in [0, 0.05) is 30.8 Å². The van der Waals surface area contributed by atoms with Crippen LogP contribution in [0, 0.1) is 0 Å². The van der Waals surface area contributed by atoms with Gasteiger partial charge in [0.25, 0.3) is 5.91 Å². The first-order chi connectivity index (χ1) is 14.8. The van der Waals surface area contributed by atoms with Crippen LogP contribution in [0.25, 0.3) is 10.9 Å². The summed E-state index contributed by atoms with van der Waals surface area (Å²) in [5.41, 5.74) is 6.70. The number of ether oxygens (including phenoxy) is 2. The molecule has 0 bridgehead atoms. The topological polar surface area (TPSA) is 66.9 Å². The number of nitrogens with one attached hydrogen (secondary N) is 1. The number of hydrogen-bond acceptors (Lipinski definition) is 6. The molecule has 2 aromatic carbocycles. The minimum atomic E-state index is -0.148. The van der Waals surface area contributed by atoms with Gasteiger partial charge in [0.1, 0.15) is 6.61 Å². The second-order valence-electron chi connectivity index (χ2n) is 6.95. The van der Waals surface area contributed by atoms with Gasteiger partial charge in [-0.05, 0) is 25.1 Å². The third kappa shape index (κ3) is 4.43. The third-order valence-electron chi connectivity index (χ3n) is 4.97. The molecule has 1 saturated heterocycles. The number of morpholine rings is 1. The predicted molar refractivity (Wildman–Crippen MR) is 118 cm³/mol. The van der Waals surface area contributed by atoms with Crippen molar-refractivity contribution >= 4 is 33.9 Å². The van der Waals surface area contributed by atoms with Crippen molar-refractivity contribution in [3.63, 3.8) is 0 Å². The van der Waals surface area contributed by atoms with Crippen LogP contribution in [0.4, 0.5) is 17.1 Å². The van der Waals surface area contributed by atoms with Gasteiger partial charge < -0.3 is 14.9 Å². The van der Waals surface area contributed by atoms with Crippen LogP contribution in [0.15, 0.2) is 60.8 Å². The molecule has 1 aliphatic heterocycles. The Hall–Kier alpha value is -3.00. The van der Waals surface area contributed by atoms with E-state index in [4.69, 9.17) is 9.47 Å². The van der Waals surface area contributed by atoms with Crippen molar-refractivity contribution in [1.82, 2.24) is 9.99 Å². The van der Waals surface area contributed by atoms with E-state index in [0.29, 0.717) is 25.5 Å². The van der Waals surface area contributed by atoms with E-state index in [2.05, 4.69) is 15.4 Å². The average Bonchev–Trinajstić information content (AvgIpc) is 2.80. The van der Waals surface area contributed by atoms with Gasteiger partial charge in [-0.25, -0.2) is 5.01 Å². The molecule has 1 fully saturated rings. The predicted octanol–water partition coefficient (Wildman–Crippen LogP) is 3.60. The number of carbonyl (C=O) groups is 1. The number of anilines is 3. The molecule has 3 aromatic rings. The van der Waals surface area contributed by atoms with Gasteiger partial charge in [-0.3, -0.25) is 14.7 Å². The molecule has 0 aliphatic carbocycles. The maximum atomic E-state index is 13.2. The molecule has 1 amide bonds. The zero-order valence-electron chi connectivity index (χ0n) is 17.1. The molecular weight excluding hydrogens is 380 g/mol. The third-order valence-corrected chi connectivity index (χ3v) is 4.97. The van der Waals surface area contributed by atoms with Crippen LogP contribution in [0.1, 0.15) is 6.92 Å². The van der Waals surface area contributed by atoms with E-state index in [1.807, 2.05) is 61.5 Å². The summed E-state index contributed by atoms with van der Waals surface area (Å²) in [7, 11) is 0. The van der Waals surface area contributed by atoms with Crippen LogP contribution in [0.2, 0.25) is 0 Å². The van der Waals surface area contributed by atoms with Crippen LogP contribution in [-0.2, 0) is 14.3 Å². The SMILES string of the molecule is CCOCC(=O)N(c1ccccc1)c1cnc2ccccc2c1NN1CCOCC1. The number of carbonyl (C=O) groups excluding carboxylic acids is 1. The highest BCUT2D eigenvalue weighted by Gasteiger charge is 2.24. The fourth-order valence-electron chi connectivity index (χ4n) is 3.50. The van der Waals surface area contributed by atoms with Gasteiger partial charge in [-0.15, -0.1) is 0 Å². The Bertz CT molecular complexity index is 990. The van der Waals surface area contributed by atoms with Gasteiger partial charge in [0.05, 0.1) is 36.3 Å². The van der Waals surface area contributed by atoms with Gasteiger partial charge >= 0.3 is 0 Å². The number of nitrogens with zero attached hydrogens (tertiary/aromatic N) is 3. The van der Waals surface area contributed by atoms with Crippen LogP contribution in [0.5, 0.6) is 0 Å². The van der Waals surface area contributed by atoms with Crippen molar-refractivity contribution < 1.29 is 14.3 Å². The maximum Gasteiger partial charge on any atom is 0.257 e. The first kappa shape index (κ1) is 20.3. The molecule has 156 valence electrons. The molecule has 0 unspecified atom stereocenters. The summed E-state index contributed by atoms with van der Waals surface area (Å²) in [6, 6.07) is 17.5. The first-order valence-corrected chi connectivity index (χ1v) is 10.2. The number of aromatic nitrogens is 1. The van der Waals surface area contributed by atoms with E-state index < -0.39 is 0 Å². The molecule has 7 heteroatoms. The molecule has 2 heterocycles. The second-order valence-corrected chi connectivity index (χ2v) is 6.95. The van der Waals surface area contributed by atoms with E-state index in [1.54, 1.807) is 11.1 Å². The molecule has 7 nitrogen and oxygen atoms in total. The zero-order valence-corrected chi connectivity index (χ0v) is 17.1. The van der Waals surface area contributed by atoms with Gasteiger partial charge in [0.15, 0.2) is 0 Å². The van der Waals surface area contributed by atoms with Crippen molar-refractivity contribution in [1.29, 1.82) is 0 Å². The van der Waals surface area contributed by atoms with E-state index in [0.717, 1.165) is 35.4 Å². The first-order valence-electron chi connectivity index (χ1n) is 10.2. The van der Waals surface area contributed by atoms with Crippen molar-refractivity contribution in [2.24, 2.45) is 0 Å². The van der Waals surface area contributed by atoms with E-state index >= 15 is 0 Å². The highest BCUT2D eigenvalue weighted by molar-refractivity contribution is 6.08. The van der Waals surface area contributed by atoms with Crippen molar-refractivity contribution in [2.75, 3.05) is 49.8 Å². The number of pyridine rings is 1. The Balaban J connectivity index is 1.82. The number of benzene rings is 2. The van der Waals surface area contributed by atoms with Crippen molar-refractivity contribution in [3.05, 3.63) is 60.8 Å².